The number of anilines is 1. The van der Waals surface area contributed by atoms with Gasteiger partial charge in [0.1, 0.15) is 4.90 Å². The average molecular weight is 355 g/mol. The Bertz CT molecular complexity index is 961. The molecule has 0 heterocycles. The molecule has 4 N–H and O–H groups in total. The Balaban J connectivity index is 2.52. The van der Waals surface area contributed by atoms with Gasteiger partial charge < -0.3 is 5.73 Å². The maximum Gasteiger partial charge on any atom is 0.295 e. The maximum atomic E-state index is 11.4. The van der Waals surface area contributed by atoms with Crippen molar-refractivity contribution in [2.75, 3.05) is 5.73 Å². The zero-order valence-corrected chi connectivity index (χ0v) is 13.3. The molecule has 0 aliphatic heterocycles. The van der Waals surface area contributed by atoms with Crippen LogP contribution in [0, 0.1) is 0 Å². The number of hydrogen-bond donors (Lipinski definition) is 3. The van der Waals surface area contributed by atoms with Crippen LogP contribution in [0.4, 0.5) is 5.69 Å². The van der Waals surface area contributed by atoms with Crippen LogP contribution in [-0.4, -0.2) is 25.9 Å². The predicted molar refractivity (Wildman–Crippen MR) is 85.9 cm³/mol. The Hall–Kier alpha value is -2.20. The highest BCUT2D eigenvalue weighted by atomic mass is 32.2. The largest absolute Gasteiger partial charge is 0.399 e. The van der Waals surface area contributed by atoms with Crippen LogP contribution in [0.1, 0.15) is 11.1 Å². The third-order valence-electron chi connectivity index (χ3n) is 2.95. The molecule has 0 spiro atoms. The lowest BCUT2D eigenvalue weighted by atomic mass is 10.1. The van der Waals surface area contributed by atoms with Gasteiger partial charge in [-0.1, -0.05) is 30.4 Å². The first-order chi connectivity index (χ1) is 10.6. The van der Waals surface area contributed by atoms with Gasteiger partial charge in [-0.3, -0.25) is 9.11 Å². The number of rotatable bonds is 4. The summed E-state index contributed by atoms with van der Waals surface area (Å²) in [6, 6.07) is 9.60. The van der Waals surface area contributed by atoms with Crippen molar-refractivity contribution in [3.8, 4) is 0 Å². The molecule has 0 saturated heterocycles. The van der Waals surface area contributed by atoms with Crippen molar-refractivity contribution in [2.45, 2.75) is 9.79 Å². The van der Waals surface area contributed by atoms with Crippen molar-refractivity contribution in [3.63, 3.8) is 0 Å². The molecule has 7 nitrogen and oxygen atoms in total. The molecule has 0 atom stereocenters. The molecule has 0 fully saturated rings. The molecular formula is C14H13NO6S2. The van der Waals surface area contributed by atoms with E-state index in [1.54, 1.807) is 30.3 Å². The van der Waals surface area contributed by atoms with Gasteiger partial charge in [0.25, 0.3) is 20.2 Å². The Morgan fingerprint density at radius 2 is 1.43 bits per heavy atom. The van der Waals surface area contributed by atoms with Gasteiger partial charge in [0.05, 0.1) is 4.90 Å². The zero-order chi connectivity index (χ0) is 17.3. The van der Waals surface area contributed by atoms with E-state index in [0.29, 0.717) is 11.8 Å². The highest BCUT2D eigenvalue weighted by molar-refractivity contribution is 7.86. The standard InChI is InChI=1S/C14H13NO6S2/c15-12-6-2-10(3-7-12)1-4-11-5-8-13(22(16,17)18)9-14(11)23(19,20)21/h1-9H,15H2,(H,16,17,18)(H,19,20,21). The number of nitrogens with two attached hydrogens (primary N) is 1. The molecule has 0 aliphatic carbocycles. The first-order valence-electron chi connectivity index (χ1n) is 6.20. The van der Waals surface area contributed by atoms with E-state index in [-0.39, 0.29) is 5.56 Å². The fraction of sp³-hybridized carbons (Fsp3) is 0. The summed E-state index contributed by atoms with van der Waals surface area (Å²) in [4.78, 5) is -1.26. The summed E-state index contributed by atoms with van der Waals surface area (Å²) < 4.78 is 63.2. The first kappa shape index (κ1) is 17.2. The lowest BCUT2D eigenvalue weighted by molar-refractivity contribution is 0.481. The molecule has 0 saturated carbocycles. The van der Waals surface area contributed by atoms with Crippen molar-refractivity contribution in [2.24, 2.45) is 0 Å². The van der Waals surface area contributed by atoms with Crippen molar-refractivity contribution < 1.29 is 25.9 Å². The second kappa shape index (κ2) is 6.13. The van der Waals surface area contributed by atoms with Crippen molar-refractivity contribution in [1.82, 2.24) is 0 Å². The van der Waals surface area contributed by atoms with Gasteiger partial charge in [-0.15, -0.1) is 0 Å². The predicted octanol–water partition coefficient (Wildman–Crippen LogP) is 1.93. The molecule has 0 radical (unpaired) electrons. The second-order valence-corrected chi connectivity index (χ2v) is 7.46. The minimum Gasteiger partial charge on any atom is -0.399 e. The minimum absolute atomic E-state index is 0.0664. The normalized spacial score (nSPS) is 12.6. The van der Waals surface area contributed by atoms with E-state index in [2.05, 4.69) is 0 Å². The van der Waals surface area contributed by atoms with E-state index >= 15 is 0 Å². The SMILES string of the molecule is Nc1ccc(C=Cc2ccc(S(=O)(=O)O)cc2S(=O)(=O)O)cc1. The van der Waals surface area contributed by atoms with Gasteiger partial charge in [0.2, 0.25) is 0 Å². The smallest absolute Gasteiger partial charge is 0.295 e. The van der Waals surface area contributed by atoms with Crippen molar-refractivity contribution in [3.05, 3.63) is 53.6 Å². The van der Waals surface area contributed by atoms with E-state index in [9.17, 15) is 21.4 Å². The van der Waals surface area contributed by atoms with E-state index in [1.165, 1.54) is 12.1 Å². The minimum atomic E-state index is -4.67. The van der Waals surface area contributed by atoms with Crippen LogP contribution in [0.3, 0.4) is 0 Å². The van der Waals surface area contributed by atoms with Crippen molar-refractivity contribution in [1.29, 1.82) is 0 Å². The summed E-state index contributed by atoms with van der Waals surface area (Å²) in [6.45, 7) is 0. The average Bonchev–Trinajstić information content (AvgIpc) is 2.44. The summed E-state index contributed by atoms with van der Waals surface area (Å²) >= 11 is 0. The molecule has 23 heavy (non-hydrogen) atoms. The van der Waals surface area contributed by atoms with Gasteiger partial charge in [-0.05, 0) is 35.4 Å². The van der Waals surface area contributed by atoms with Crippen LogP contribution in [0.5, 0.6) is 0 Å². The lowest BCUT2D eigenvalue weighted by Gasteiger charge is -2.05. The van der Waals surface area contributed by atoms with Gasteiger partial charge in [0, 0.05) is 5.69 Å². The second-order valence-electron chi connectivity index (χ2n) is 4.65. The molecule has 0 bridgehead atoms. The monoisotopic (exact) mass is 355 g/mol. The molecular weight excluding hydrogens is 342 g/mol. The fourth-order valence-corrected chi connectivity index (χ4v) is 3.12. The van der Waals surface area contributed by atoms with Crippen LogP contribution >= 0.6 is 0 Å². The summed E-state index contributed by atoms with van der Waals surface area (Å²) in [5, 5.41) is 0. The third kappa shape index (κ3) is 4.39. The van der Waals surface area contributed by atoms with Crippen LogP contribution in [-0.2, 0) is 20.2 Å². The Morgan fingerprint density at radius 3 is 1.96 bits per heavy atom. The molecule has 2 aromatic carbocycles. The first-order valence-corrected chi connectivity index (χ1v) is 9.08. The molecule has 122 valence electrons. The molecule has 0 amide bonds. The van der Waals surface area contributed by atoms with Crippen LogP contribution in [0.15, 0.2) is 52.3 Å². The molecule has 2 aromatic rings. The van der Waals surface area contributed by atoms with Gasteiger partial charge in [-0.2, -0.15) is 16.8 Å². The van der Waals surface area contributed by atoms with Gasteiger partial charge in [0.15, 0.2) is 0 Å². The van der Waals surface area contributed by atoms with Crippen LogP contribution in [0.2, 0.25) is 0 Å². The molecule has 0 aromatic heterocycles. The topological polar surface area (TPSA) is 135 Å². The number of benzene rings is 2. The Kier molecular flexibility index (Phi) is 4.57. The van der Waals surface area contributed by atoms with Crippen LogP contribution < -0.4 is 5.73 Å². The summed E-state index contributed by atoms with van der Waals surface area (Å²) in [5.41, 5.74) is 6.91. The van der Waals surface area contributed by atoms with Gasteiger partial charge >= 0.3 is 0 Å². The maximum absolute atomic E-state index is 11.4. The summed E-state index contributed by atoms with van der Waals surface area (Å²) in [5.74, 6) is 0. The molecule has 0 aliphatic rings. The summed E-state index contributed by atoms with van der Waals surface area (Å²) in [7, 11) is -9.26. The van der Waals surface area contributed by atoms with Crippen molar-refractivity contribution >= 4 is 38.1 Å². The van der Waals surface area contributed by atoms with E-state index in [4.69, 9.17) is 10.3 Å². The van der Waals surface area contributed by atoms with E-state index in [1.807, 2.05) is 0 Å². The fourth-order valence-electron chi connectivity index (χ4n) is 1.83. The van der Waals surface area contributed by atoms with E-state index < -0.39 is 30.0 Å². The Labute approximate surface area is 133 Å². The molecule has 2 rings (SSSR count). The third-order valence-corrected chi connectivity index (χ3v) is 4.71. The number of hydrogen-bond acceptors (Lipinski definition) is 5. The molecule has 9 heteroatoms. The van der Waals surface area contributed by atoms with Crippen LogP contribution in [0.25, 0.3) is 12.2 Å². The zero-order valence-electron chi connectivity index (χ0n) is 11.6. The summed E-state index contributed by atoms with van der Waals surface area (Å²) in [6.07, 6.45) is 2.96. The lowest BCUT2D eigenvalue weighted by Crippen LogP contribution is -2.05. The quantitative estimate of drug-likeness (QED) is 0.433. The Morgan fingerprint density at radius 1 is 0.826 bits per heavy atom. The number of nitrogen functional groups attached to an aromatic ring is 1. The van der Waals surface area contributed by atoms with E-state index in [0.717, 1.165) is 11.6 Å². The van der Waals surface area contributed by atoms with Gasteiger partial charge in [-0.25, -0.2) is 0 Å². The highest BCUT2D eigenvalue weighted by Crippen LogP contribution is 2.22. The molecule has 0 unspecified atom stereocenters. The highest BCUT2D eigenvalue weighted by Gasteiger charge is 2.19.